The number of nitrogens with one attached hydrogen (secondary N) is 1. The van der Waals surface area contributed by atoms with Crippen LogP contribution in [0.4, 0.5) is 0 Å². The van der Waals surface area contributed by atoms with Crippen LogP contribution < -0.4 is 0 Å². The van der Waals surface area contributed by atoms with Crippen LogP contribution in [0.2, 0.25) is 0 Å². The third kappa shape index (κ3) is 1.34. The summed E-state index contributed by atoms with van der Waals surface area (Å²) in [5, 5.41) is 12.4. The first kappa shape index (κ1) is 6.26. The predicted octanol–water partition coefficient (Wildman–Crippen LogP) is -0.481. The Morgan fingerprint density at radius 1 is 1.64 bits per heavy atom. The first-order chi connectivity index (χ1) is 5.36. The number of H-pyrrole nitrogens is 1. The molecule has 0 saturated heterocycles. The van der Waals surface area contributed by atoms with Gasteiger partial charge < -0.3 is 4.74 Å². The number of aromatic amines is 1. The van der Waals surface area contributed by atoms with E-state index in [0.29, 0.717) is 0 Å². The van der Waals surface area contributed by atoms with Gasteiger partial charge in [-0.05, 0) is 18.1 Å². The Bertz CT molecular complexity index is 253. The van der Waals surface area contributed by atoms with E-state index in [4.69, 9.17) is 4.74 Å². The van der Waals surface area contributed by atoms with Crippen molar-refractivity contribution in [2.75, 3.05) is 0 Å². The minimum Gasteiger partial charge on any atom is -0.456 e. The molecule has 6 heteroatoms. The van der Waals surface area contributed by atoms with Gasteiger partial charge in [0.05, 0.1) is 0 Å². The second kappa shape index (κ2) is 2.30. The summed E-state index contributed by atoms with van der Waals surface area (Å²) < 4.78 is 4.88. The molecule has 0 aliphatic heterocycles. The number of tetrazole rings is 1. The molecule has 2 rings (SSSR count). The van der Waals surface area contributed by atoms with Gasteiger partial charge in [-0.3, -0.25) is 0 Å². The van der Waals surface area contributed by atoms with E-state index in [1.54, 1.807) is 0 Å². The van der Waals surface area contributed by atoms with Gasteiger partial charge in [0, 0.05) is 0 Å². The molecule has 0 amide bonds. The number of hydrogen-bond acceptors (Lipinski definition) is 5. The molecule has 0 unspecified atom stereocenters. The molecule has 0 aromatic carbocycles. The van der Waals surface area contributed by atoms with Gasteiger partial charge in [-0.15, -0.1) is 10.2 Å². The highest BCUT2D eigenvalue weighted by Crippen LogP contribution is 2.23. The zero-order chi connectivity index (χ0) is 7.68. The first-order valence-electron chi connectivity index (χ1n) is 3.30. The third-order valence-corrected chi connectivity index (χ3v) is 1.33. The number of aromatic nitrogens is 4. The zero-order valence-corrected chi connectivity index (χ0v) is 5.65. The van der Waals surface area contributed by atoms with Crippen molar-refractivity contribution in [1.29, 1.82) is 0 Å². The molecule has 58 valence electrons. The fourth-order valence-corrected chi connectivity index (χ4v) is 0.638. The van der Waals surface area contributed by atoms with Gasteiger partial charge in [0.15, 0.2) is 0 Å². The quantitative estimate of drug-likeness (QED) is 0.582. The highest BCUT2D eigenvalue weighted by atomic mass is 16.5. The Labute approximate surface area is 61.9 Å². The van der Waals surface area contributed by atoms with Crippen LogP contribution in [-0.2, 0) is 4.74 Å². The summed E-state index contributed by atoms with van der Waals surface area (Å²) in [5.41, 5.74) is 0. The Kier molecular flexibility index (Phi) is 1.31. The van der Waals surface area contributed by atoms with Gasteiger partial charge in [0.2, 0.25) is 0 Å². The summed E-state index contributed by atoms with van der Waals surface area (Å²) in [6.45, 7) is 0. The monoisotopic (exact) mass is 154 g/mol. The molecule has 0 radical (unpaired) electrons. The van der Waals surface area contributed by atoms with Gasteiger partial charge in [0.25, 0.3) is 5.82 Å². The highest BCUT2D eigenvalue weighted by Gasteiger charge is 2.27. The van der Waals surface area contributed by atoms with Gasteiger partial charge in [-0.2, -0.15) is 5.21 Å². The maximum atomic E-state index is 10.9. The summed E-state index contributed by atoms with van der Waals surface area (Å²) in [4.78, 5) is 10.9. The van der Waals surface area contributed by atoms with E-state index in [1.807, 2.05) is 0 Å². The summed E-state index contributed by atoms with van der Waals surface area (Å²) in [5.74, 6) is -0.502. The topological polar surface area (TPSA) is 80.8 Å². The largest absolute Gasteiger partial charge is 0.456 e. The van der Waals surface area contributed by atoms with Crippen LogP contribution in [0.15, 0.2) is 0 Å². The second-order valence-electron chi connectivity index (χ2n) is 2.34. The van der Waals surface area contributed by atoms with Crippen molar-refractivity contribution >= 4 is 5.97 Å². The Morgan fingerprint density at radius 2 is 2.45 bits per heavy atom. The maximum absolute atomic E-state index is 10.9. The molecule has 1 aromatic heterocycles. The van der Waals surface area contributed by atoms with Crippen LogP contribution in [0.3, 0.4) is 0 Å². The van der Waals surface area contributed by atoms with Crippen molar-refractivity contribution in [3.05, 3.63) is 5.82 Å². The second-order valence-corrected chi connectivity index (χ2v) is 2.34. The molecule has 1 N–H and O–H groups in total. The summed E-state index contributed by atoms with van der Waals surface area (Å²) in [6, 6.07) is 0. The molecule has 1 fully saturated rings. The number of hydrogen-bond donors (Lipinski definition) is 1. The molecule has 1 saturated carbocycles. The van der Waals surface area contributed by atoms with Gasteiger partial charge in [0.1, 0.15) is 6.10 Å². The van der Waals surface area contributed by atoms with E-state index in [0.717, 1.165) is 12.8 Å². The lowest BCUT2D eigenvalue weighted by Crippen LogP contribution is -2.08. The van der Waals surface area contributed by atoms with Crippen LogP contribution >= 0.6 is 0 Å². The molecule has 6 nitrogen and oxygen atoms in total. The van der Waals surface area contributed by atoms with Crippen LogP contribution in [0, 0.1) is 0 Å². The van der Waals surface area contributed by atoms with E-state index in [-0.39, 0.29) is 11.9 Å². The van der Waals surface area contributed by atoms with Crippen LogP contribution in [0.5, 0.6) is 0 Å². The Hall–Kier alpha value is -1.46. The summed E-state index contributed by atoms with van der Waals surface area (Å²) in [6.07, 6.45) is 1.98. The van der Waals surface area contributed by atoms with Crippen molar-refractivity contribution in [3.63, 3.8) is 0 Å². The van der Waals surface area contributed by atoms with Crippen molar-refractivity contribution in [1.82, 2.24) is 20.6 Å². The molecule has 0 spiro atoms. The van der Waals surface area contributed by atoms with Crippen molar-refractivity contribution < 1.29 is 9.53 Å². The smallest absolute Gasteiger partial charge is 0.380 e. The number of carbonyl (C=O) groups excluding carboxylic acids is 1. The molecule has 0 bridgehead atoms. The van der Waals surface area contributed by atoms with E-state index in [1.165, 1.54) is 0 Å². The Balaban J connectivity index is 1.99. The normalized spacial score (nSPS) is 16.4. The van der Waals surface area contributed by atoms with Crippen molar-refractivity contribution in [2.45, 2.75) is 18.9 Å². The molecule has 1 aromatic rings. The molecule has 11 heavy (non-hydrogen) atoms. The van der Waals surface area contributed by atoms with E-state index >= 15 is 0 Å². The average molecular weight is 154 g/mol. The lowest BCUT2D eigenvalue weighted by molar-refractivity contribution is 0.0458. The lowest BCUT2D eigenvalue weighted by Gasteiger charge is -1.95. The highest BCUT2D eigenvalue weighted by molar-refractivity contribution is 5.84. The lowest BCUT2D eigenvalue weighted by atomic mass is 10.6. The maximum Gasteiger partial charge on any atom is 0.380 e. The van der Waals surface area contributed by atoms with Gasteiger partial charge in [-0.1, -0.05) is 0 Å². The van der Waals surface area contributed by atoms with Crippen LogP contribution in [-0.4, -0.2) is 32.7 Å². The third-order valence-electron chi connectivity index (χ3n) is 1.33. The SMILES string of the molecule is O=C(OC1CC1)c1nn[nH]n1. The first-order valence-corrected chi connectivity index (χ1v) is 3.30. The van der Waals surface area contributed by atoms with Crippen molar-refractivity contribution in [3.8, 4) is 0 Å². The van der Waals surface area contributed by atoms with Gasteiger partial charge in [-0.25, -0.2) is 4.79 Å². The Morgan fingerprint density at radius 3 is 3.00 bits per heavy atom. The average Bonchev–Trinajstić information content (AvgIpc) is 2.67. The number of ether oxygens (including phenoxy) is 1. The molecule has 1 heterocycles. The fourth-order valence-electron chi connectivity index (χ4n) is 0.638. The predicted molar refractivity (Wildman–Crippen MR) is 32.6 cm³/mol. The standard InChI is InChI=1S/C5H6N4O2/c10-5(11-3-1-2-3)4-6-8-9-7-4/h3H,1-2H2,(H,6,7,8,9). The number of carbonyl (C=O) groups is 1. The summed E-state index contributed by atoms with van der Waals surface area (Å²) >= 11 is 0. The van der Waals surface area contributed by atoms with E-state index in [2.05, 4.69) is 20.6 Å². The number of nitrogens with zero attached hydrogens (tertiary/aromatic N) is 3. The molecule has 1 aliphatic rings. The van der Waals surface area contributed by atoms with E-state index in [9.17, 15) is 4.79 Å². The van der Waals surface area contributed by atoms with Crippen molar-refractivity contribution in [2.24, 2.45) is 0 Å². The number of esters is 1. The molecule has 0 atom stereocenters. The molecular weight excluding hydrogens is 148 g/mol. The van der Waals surface area contributed by atoms with Gasteiger partial charge >= 0.3 is 5.97 Å². The number of rotatable bonds is 2. The fraction of sp³-hybridized carbons (Fsp3) is 0.600. The summed E-state index contributed by atoms with van der Waals surface area (Å²) in [7, 11) is 0. The van der Waals surface area contributed by atoms with E-state index < -0.39 is 5.97 Å². The molecular formula is C5H6N4O2. The molecule has 1 aliphatic carbocycles. The minimum absolute atomic E-state index is 0.00287. The van der Waals surface area contributed by atoms with Crippen LogP contribution in [0.1, 0.15) is 23.5 Å². The minimum atomic E-state index is -0.499. The van der Waals surface area contributed by atoms with Crippen LogP contribution in [0.25, 0.3) is 0 Å². The zero-order valence-electron chi connectivity index (χ0n) is 5.65.